The maximum atomic E-state index is 12.3. The second-order valence-electron chi connectivity index (χ2n) is 7.49. The molecule has 0 atom stereocenters. The molecule has 1 aliphatic rings. The summed E-state index contributed by atoms with van der Waals surface area (Å²) in [6.45, 7) is 3.27. The van der Waals surface area contributed by atoms with Crippen molar-refractivity contribution < 1.29 is 23.8 Å². The first kappa shape index (κ1) is 23.6. The zero-order valence-electron chi connectivity index (χ0n) is 18.9. The quantitative estimate of drug-likeness (QED) is 0.252. The molecule has 0 radical (unpaired) electrons. The Kier molecular flexibility index (Phi) is 8.03. The second kappa shape index (κ2) is 11.6. The fourth-order valence-electron chi connectivity index (χ4n) is 3.44. The molecular weight excluding hydrogens is 456 g/mol. The van der Waals surface area contributed by atoms with E-state index >= 15 is 0 Å². The smallest absolute Gasteiger partial charge is 0.305 e. The lowest BCUT2D eigenvalue weighted by Crippen LogP contribution is -2.26. The zero-order chi connectivity index (χ0) is 23.8. The Morgan fingerprint density at radius 3 is 2.76 bits per heavy atom. The molecule has 0 bridgehead atoms. The van der Waals surface area contributed by atoms with E-state index in [9.17, 15) is 9.59 Å². The highest BCUT2D eigenvalue weighted by atomic mass is 32.2. The van der Waals surface area contributed by atoms with Crippen molar-refractivity contribution in [3.8, 4) is 22.9 Å². The SMILES string of the molecule is CCOC(=O)CCCNC(=O)CSc1nnc(-c2ccccc2)n1Cc1ccc2c(c1)OCO2. The fourth-order valence-corrected chi connectivity index (χ4v) is 4.20. The van der Waals surface area contributed by atoms with Crippen LogP contribution in [0.4, 0.5) is 0 Å². The minimum atomic E-state index is -0.254. The van der Waals surface area contributed by atoms with E-state index in [4.69, 9.17) is 14.2 Å². The third kappa shape index (κ3) is 6.07. The van der Waals surface area contributed by atoms with Crippen LogP contribution in [0.2, 0.25) is 0 Å². The number of benzene rings is 2. The first-order valence-electron chi connectivity index (χ1n) is 11.1. The molecule has 4 rings (SSSR count). The van der Waals surface area contributed by atoms with Gasteiger partial charge < -0.3 is 19.5 Å². The number of carbonyl (C=O) groups is 2. The van der Waals surface area contributed by atoms with E-state index in [1.807, 2.05) is 53.1 Å². The molecule has 3 aromatic rings. The van der Waals surface area contributed by atoms with Crippen molar-refractivity contribution in [2.24, 2.45) is 0 Å². The number of carbonyl (C=O) groups excluding carboxylic acids is 2. The molecule has 0 unspecified atom stereocenters. The molecule has 1 aliphatic heterocycles. The van der Waals surface area contributed by atoms with Gasteiger partial charge >= 0.3 is 5.97 Å². The predicted molar refractivity (Wildman–Crippen MR) is 127 cm³/mol. The van der Waals surface area contributed by atoms with Gasteiger partial charge in [0.1, 0.15) is 0 Å². The van der Waals surface area contributed by atoms with Gasteiger partial charge in [0.2, 0.25) is 12.7 Å². The number of amides is 1. The number of rotatable bonds is 11. The van der Waals surface area contributed by atoms with E-state index in [2.05, 4.69) is 15.5 Å². The molecule has 9 nitrogen and oxygen atoms in total. The zero-order valence-corrected chi connectivity index (χ0v) is 19.7. The lowest BCUT2D eigenvalue weighted by Gasteiger charge is -2.11. The minimum Gasteiger partial charge on any atom is -0.466 e. The Hall–Kier alpha value is -3.53. The normalized spacial score (nSPS) is 11.9. The van der Waals surface area contributed by atoms with Gasteiger partial charge in [-0.1, -0.05) is 48.2 Å². The van der Waals surface area contributed by atoms with Gasteiger partial charge in [-0.25, -0.2) is 0 Å². The molecule has 178 valence electrons. The van der Waals surface area contributed by atoms with Crippen molar-refractivity contribution in [3.63, 3.8) is 0 Å². The molecule has 1 amide bonds. The number of ether oxygens (including phenoxy) is 3. The van der Waals surface area contributed by atoms with E-state index in [1.54, 1.807) is 6.92 Å². The number of hydrogen-bond donors (Lipinski definition) is 1. The third-order valence-corrected chi connectivity index (χ3v) is 6.01. The van der Waals surface area contributed by atoms with Crippen LogP contribution in [-0.4, -0.2) is 52.3 Å². The highest BCUT2D eigenvalue weighted by molar-refractivity contribution is 7.99. The fraction of sp³-hybridized carbons (Fsp3) is 0.333. The van der Waals surface area contributed by atoms with Gasteiger partial charge in [0.15, 0.2) is 22.5 Å². The van der Waals surface area contributed by atoms with Crippen LogP contribution < -0.4 is 14.8 Å². The highest BCUT2D eigenvalue weighted by Crippen LogP contribution is 2.33. The van der Waals surface area contributed by atoms with Crippen molar-refractivity contribution in [1.82, 2.24) is 20.1 Å². The second-order valence-corrected chi connectivity index (χ2v) is 8.44. The number of nitrogens with zero attached hydrogens (tertiary/aromatic N) is 3. The molecule has 0 spiro atoms. The van der Waals surface area contributed by atoms with E-state index in [1.165, 1.54) is 11.8 Å². The van der Waals surface area contributed by atoms with Crippen molar-refractivity contribution in [3.05, 3.63) is 54.1 Å². The van der Waals surface area contributed by atoms with E-state index < -0.39 is 0 Å². The van der Waals surface area contributed by atoms with Gasteiger partial charge in [-0.05, 0) is 31.0 Å². The largest absolute Gasteiger partial charge is 0.466 e. The maximum Gasteiger partial charge on any atom is 0.305 e. The Labute approximate surface area is 201 Å². The Bertz CT molecular complexity index is 1140. The van der Waals surface area contributed by atoms with Crippen LogP contribution in [0, 0.1) is 0 Å². The van der Waals surface area contributed by atoms with Gasteiger partial charge in [0.25, 0.3) is 0 Å². The highest BCUT2D eigenvalue weighted by Gasteiger charge is 2.18. The van der Waals surface area contributed by atoms with Crippen LogP contribution in [0.25, 0.3) is 11.4 Å². The standard InChI is InChI=1S/C24H26N4O5S/c1-2-31-22(30)9-6-12-25-21(29)15-34-24-27-26-23(18-7-4-3-5-8-18)28(24)14-17-10-11-19-20(13-17)33-16-32-19/h3-5,7-8,10-11,13H,2,6,9,12,14-16H2,1H3,(H,25,29). The van der Waals surface area contributed by atoms with Gasteiger partial charge in [-0.15, -0.1) is 10.2 Å². The van der Waals surface area contributed by atoms with Gasteiger partial charge in [-0.2, -0.15) is 0 Å². The Morgan fingerprint density at radius 1 is 1.12 bits per heavy atom. The van der Waals surface area contributed by atoms with Crippen LogP contribution in [-0.2, 0) is 20.9 Å². The first-order chi connectivity index (χ1) is 16.6. The number of thioether (sulfide) groups is 1. The Morgan fingerprint density at radius 2 is 1.94 bits per heavy atom. The minimum absolute atomic E-state index is 0.132. The van der Waals surface area contributed by atoms with Crippen LogP contribution >= 0.6 is 11.8 Å². The summed E-state index contributed by atoms with van der Waals surface area (Å²) in [6.07, 6.45) is 0.819. The monoisotopic (exact) mass is 482 g/mol. The maximum absolute atomic E-state index is 12.3. The number of nitrogens with one attached hydrogen (secondary N) is 1. The van der Waals surface area contributed by atoms with Gasteiger partial charge in [-0.3, -0.25) is 14.2 Å². The summed E-state index contributed by atoms with van der Waals surface area (Å²) in [5.41, 5.74) is 1.94. The van der Waals surface area contributed by atoms with Crippen molar-refractivity contribution in [2.45, 2.75) is 31.5 Å². The lowest BCUT2D eigenvalue weighted by atomic mass is 10.2. The van der Waals surface area contributed by atoms with Crippen LogP contribution in [0.15, 0.2) is 53.7 Å². The molecule has 1 N–H and O–H groups in total. The molecule has 1 aromatic heterocycles. The average Bonchev–Trinajstić information content (AvgIpc) is 3.48. The van der Waals surface area contributed by atoms with E-state index in [0.717, 1.165) is 22.7 Å². The van der Waals surface area contributed by atoms with Crippen molar-refractivity contribution >= 4 is 23.6 Å². The molecule has 0 saturated heterocycles. The van der Waals surface area contributed by atoms with Crippen LogP contribution in [0.3, 0.4) is 0 Å². The van der Waals surface area contributed by atoms with E-state index in [0.29, 0.717) is 37.0 Å². The van der Waals surface area contributed by atoms with Crippen LogP contribution in [0.5, 0.6) is 11.5 Å². The number of hydrogen-bond acceptors (Lipinski definition) is 8. The predicted octanol–water partition coefficient (Wildman–Crippen LogP) is 3.27. The molecule has 10 heteroatoms. The molecule has 2 aromatic carbocycles. The summed E-state index contributed by atoms with van der Waals surface area (Å²) in [6, 6.07) is 15.6. The Balaban J connectivity index is 1.42. The molecular formula is C24H26N4O5S. The number of fused-ring (bicyclic) bond motifs is 1. The van der Waals surface area contributed by atoms with Gasteiger partial charge in [0, 0.05) is 18.5 Å². The average molecular weight is 483 g/mol. The molecule has 0 saturated carbocycles. The molecule has 0 aliphatic carbocycles. The third-order valence-electron chi connectivity index (χ3n) is 5.04. The van der Waals surface area contributed by atoms with Gasteiger partial charge in [0.05, 0.1) is 18.9 Å². The summed E-state index contributed by atoms with van der Waals surface area (Å²) in [7, 11) is 0. The molecule has 0 fully saturated rings. The summed E-state index contributed by atoms with van der Waals surface area (Å²) >= 11 is 1.32. The summed E-state index contributed by atoms with van der Waals surface area (Å²) in [4.78, 5) is 23.7. The van der Waals surface area contributed by atoms with Crippen molar-refractivity contribution in [2.75, 3.05) is 25.7 Å². The summed E-state index contributed by atoms with van der Waals surface area (Å²) in [5, 5.41) is 12.2. The topological polar surface area (TPSA) is 105 Å². The molecule has 34 heavy (non-hydrogen) atoms. The summed E-state index contributed by atoms with van der Waals surface area (Å²) < 4.78 is 17.8. The summed E-state index contributed by atoms with van der Waals surface area (Å²) in [5.74, 6) is 1.96. The first-order valence-corrected chi connectivity index (χ1v) is 12.0. The number of esters is 1. The number of aromatic nitrogens is 3. The van der Waals surface area contributed by atoms with E-state index in [-0.39, 0.29) is 30.8 Å². The van der Waals surface area contributed by atoms with Crippen LogP contribution in [0.1, 0.15) is 25.3 Å². The lowest BCUT2D eigenvalue weighted by molar-refractivity contribution is -0.143. The molecule has 2 heterocycles. The van der Waals surface area contributed by atoms with Crippen molar-refractivity contribution in [1.29, 1.82) is 0 Å².